The van der Waals surface area contributed by atoms with Gasteiger partial charge in [-0.3, -0.25) is 4.98 Å². The first-order valence-electron chi connectivity index (χ1n) is 5.46. The van der Waals surface area contributed by atoms with Crippen molar-refractivity contribution in [3.05, 3.63) is 47.8 Å². The zero-order valence-electron chi connectivity index (χ0n) is 10.2. The molecular formula is C14H13NO3. The van der Waals surface area contributed by atoms with Crippen LogP contribution in [0.5, 0.6) is 5.75 Å². The molecule has 0 amide bonds. The lowest BCUT2D eigenvalue weighted by Gasteiger charge is -2.09. The number of carboxylic acid groups (broad SMARTS) is 1. The number of pyridine rings is 1. The first kappa shape index (κ1) is 12.1. The second-order valence-electron chi connectivity index (χ2n) is 3.90. The number of aromatic nitrogens is 1. The number of rotatable bonds is 3. The number of ether oxygens (including phenoxy) is 1. The maximum Gasteiger partial charge on any atom is 0.335 e. The van der Waals surface area contributed by atoms with Crippen molar-refractivity contribution >= 4 is 5.97 Å². The minimum absolute atomic E-state index is 0.301. The van der Waals surface area contributed by atoms with E-state index in [1.165, 1.54) is 0 Å². The van der Waals surface area contributed by atoms with E-state index in [1.807, 2.05) is 12.1 Å². The molecule has 0 fully saturated rings. The second kappa shape index (κ2) is 4.87. The first-order chi connectivity index (χ1) is 8.63. The van der Waals surface area contributed by atoms with Crippen LogP contribution in [0.25, 0.3) is 11.1 Å². The molecule has 1 N–H and O–H groups in total. The molecule has 0 radical (unpaired) electrons. The molecule has 0 unspecified atom stereocenters. The normalized spacial score (nSPS) is 10.1. The number of hydrogen-bond acceptors (Lipinski definition) is 3. The molecule has 0 saturated heterocycles. The largest absolute Gasteiger partial charge is 0.495 e. The van der Waals surface area contributed by atoms with Crippen molar-refractivity contribution in [1.82, 2.24) is 4.98 Å². The van der Waals surface area contributed by atoms with Crippen molar-refractivity contribution in [2.45, 2.75) is 6.92 Å². The van der Waals surface area contributed by atoms with Crippen LogP contribution < -0.4 is 4.74 Å². The van der Waals surface area contributed by atoms with E-state index in [-0.39, 0.29) is 0 Å². The topological polar surface area (TPSA) is 59.4 Å². The van der Waals surface area contributed by atoms with Gasteiger partial charge >= 0.3 is 5.97 Å². The van der Waals surface area contributed by atoms with Crippen molar-refractivity contribution in [3.63, 3.8) is 0 Å². The minimum Gasteiger partial charge on any atom is -0.495 e. The molecule has 92 valence electrons. The van der Waals surface area contributed by atoms with Crippen LogP contribution in [-0.2, 0) is 0 Å². The molecule has 0 aliphatic carbocycles. The number of aromatic carboxylic acids is 1. The standard InChI is InChI=1S/C14H13NO3/c1-9-12(4-3-5-13(9)14(16)17)10-6-11(18-2)8-15-7-10/h3-8H,1-2H3,(H,16,17). The van der Waals surface area contributed by atoms with Gasteiger partial charge in [0.1, 0.15) is 5.75 Å². The molecule has 0 bridgehead atoms. The van der Waals surface area contributed by atoms with Gasteiger partial charge in [0.05, 0.1) is 18.9 Å². The van der Waals surface area contributed by atoms with E-state index in [4.69, 9.17) is 9.84 Å². The molecule has 0 aliphatic heterocycles. The van der Waals surface area contributed by atoms with Gasteiger partial charge in [0, 0.05) is 11.8 Å². The van der Waals surface area contributed by atoms with E-state index < -0.39 is 5.97 Å². The zero-order valence-corrected chi connectivity index (χ0v) is 10.2. The molecule has 1 aromatic carbocycles. The molecule has 0 spiro atoms. The number of carboxylic acids is 1. The Bertz CT molecular complexity index is 593. The lowest BCUT2D eigenvalue weighted by Crippen LogP contribution is -2.00. The van der Waals surface area contributed by atoms with E-state index in [0.29, 0.717) is 11.3 Å². The van der Waals surface area contributed by atoms with E-state index in [0.717, 1.165) is 16.7 Å². The fraction of sp³-hybridized carbons (Fsp3) is 0.143. The Morgan fingerprint density at radius 3 is 2.78 bits per heavy atom. The van der Waals surface area contributed by atoms with Crippen LogP contribution in [0.4, 0.5) is 0 Å². The van der Waals surface area contributed by atoms with Crippen molar-refractivity contribution in [2.24, 2.45) is 0 Å². The van der Waals surface area contributed by atoms with Crippen molar-refractivity contribution in [2.75, 3.05) is 7.11 Å². The summed E-state index contributed by atoms with van der Waals surface area (Å²) >= 11 is 0. The Balaban J connectivity index is 2.57. The van der Waals surface area contributed by atoms with E-state index >= 15 is 0 Å². The van der Waals surface area contributed by atoms with Crippen LogP contribution in [0.1, 0.15) is 15.9 Å². The average Bonchev–Trinajstić information content (AvgIpc) is 2.38. The number of methoxy groups -OCH3 is 1. The van der Waals surface area contributed by atoms with Crippen LogP contribution >= 0.6 is 0 Å². The molecule has 2 aromatic rings. The van der Waals surface area contributed by atoms with Crippen LogP contribution in [0.2, 0.25) is 0 Å². The average molecular weight is 243 g/mol. The highest BCUT2D eigenvalue weighted by Crippen LogP contribution is 2.27. The van der Waals surface area contributed by atoms with Crippen LogP contribution in [0.15, 0.2) is 36.7 Å². The Kier molecular flexibility index (Phi) is 3.28. The molecule has 0 saturated carbocycles. The lowest BCUT2D eigenvalue weighted by atomic mass is 9.97. The van der Waals surface area contributed by atoms with Gasteiger partial charge in [0.15, 0.2) is 0 Å². The van der Waals surface area contributed by atoms with Gasteiger partial charge in [0.2, 0.25) is 0 Å². The fourth-order valence-electron chi connectivity index (χ4n) is 1.86. The highest BCUT2D eigenvalue weighted by Gasteiger charge is 2.11. The summed E-state index contributed by atoms with van der Waals surface area (Å²) in [6, 6.07) is 7.03. The summed E-state index contributed by atoms with van der Waals surface area (Å²) in [5.41, 5.74) is 2.71. The SMILES string of the molecule is COc1cncc(-c2cccc(C(=O)O)c2C)c1. The van der Waals surface area contributed by atoms with Crippen molar-refractivity contribution in [1.29, 1.82) is 0 Å². The molecule has 2 rings (SSSR count). The maximum absolute atomic E-state index is 11.1. The Morgan fingerprint density at radius 2 is 2.11 bits per heavy atom. The monoisotopic (exact) mass is 243 g/mol. The maximum atomic E-state index is 11.1. The third-order valence-corrected chi connectivity index (χ3v) is 2.82. The highest BCUT2D eigenvalue weighted by atomic mass is 16.5. The zero-order chi connectivity index (χ0) is 13.1. The summed E-state index contributed by atoms with van der Waals surface area (Å²) in [4.78, 5) is 15.2. The van der Waals surface area contributed by atoms with Crippen molar-refractivity contribution < 1.29 is 14.6 Å². The van der Waals surface area contributed by atoms with Crippen LogP contribution in [0.3, 0.4) is 0 Å². The number of benzene rings is 1. The summed E-state index contributed by atoms with van der Waals surface area (Å²) in [6.45, 7) is 1.79. The summed E-state index contributed by atoms with van der Waals surface area (Å²) in [5, 5.41) is 9.10. The van der Waals surface area contributed by atoms with Gasteiger partial charge < -0.3 is 9.84 Å². The Labute approximate surface area is 105 Å². The van der Waals surface area contributed by atoms with E-state index in [9.17, 15) is 4.79 Å². The van der Waals surface area contributed by atoms with Gasteiger partial charge in [-0.15, -0.1) is 0 Å². The lowest BCUT2D eigenvalue weighted by molar-refractivity contribution is 0.0696. The first-order valence-corrected chi connectivity index (χ1v) is 5.46. The molecular weight excluding hydrogens is 230 g/mol. The van der Waals surface area contributed by atoms with Crippen LogP contribution in [-0.4, -0.2) is 23.2 Å². The van der Waals surface area contributed by atoms with Gasteiger partial charge in [-0.2, -0.15) is 0 Å². The molecule has 18 heavy (non-hydrogen) atoms. The third kappa shape index (κ3) is 2.18. The number of nitrogens with zero attached hydrogens (tertiary/aromatic N) is 1. The smallest absolute Gasteiger partial charge is 0.335 e. The number of carbonyl (C=O) groups is 1. The summed E-state index contributed by atoms with van der Waals surface area (Å²) in [7, 11) is 1.57. The van der Waals surface area contributed by atoms with Crippen LogP contribution in [0, 0.1) is 6.92 Å². The molecule has 0 aliphatic rings. The quantitative estimate of drug-likeness (QED) is 0.900. The summed E-state index contributed by atoms with van der Waals surface area (Å²) in [5.74, 6) is -0.280. The van der Waals surface area contributed by atoms with E-state index in [2.05, 4.69) is 4.98 Å². The second-order valence-corrected chi connectivity index (χ2v) is 3.90. The van der Waals surface area contributed by atoms with E-state index in [1.54, 1.807) is 38.6 Å². The number of hydrogen-bond donors (Lipinski definition) is 1. The van der Waals surface area contributed by atoms with Gasteiger partial charge in [-0.1, -0.05) is 12.1 Å². The van der Waals surface area contributed by atoms with Crippen molar-refractivity contribution in [3.8, 4) is 16.9 Å². The Morgan fingerprint density at radius 1 is 1.33 bits per heavy atom. The molecule has 4 nitrogen and oxygen atoms in total. The predicted molar refractivity (Wildman–Crippen MR) is 67.9 cm³/mol. The minimum atomic E-state index is -0.926. The van der Waals surface area contributed by atoms with Gasteiger partial charge in [-0.25, -0.2) is 4.79 Å². The molecule has 1 heterocycles. The molecule has 4 heteroatoms. The summed E-state index contributed by atoms with van der Waals surface area (Å²) < 4.78 is 5.12. The third-order valence-electron chi connectivity index (χ3n) is 2.82. The Hall–Kier alpha value is -2.36. The predicted octanol–water partition coefficient (Wildman–Crippen LogP) is 2.76. The van der Waals surface area contributed by atoms with Gasteiger partial charge in [0.25, 0.3) is 0 Å². The summed E-state index contributed by atoms with van der Waals surface area (Å²) in [6.07, 6.45) is 3.30. The molecule has 1 aromatic heterocycles. The highest BCUT2D eigenvalue weighted by molar-refractivity contribution is 5.92. The van der Waals surface area contributed by atoms with Gasteiger partial charge in [-0.05, 0) is 30.2 Å². The molecule has 0 atom stereocenters. The fourth-order valence-corrected chi connectivity index (χ4v) is 1.86.